The zero-order valence-electron chi connectivity index (χ0n) is 12.7. The van der Waals surface area contributed by atoms with E-state index in [1.54, 1.807) is 6.08 Å². The molecule has 2 aromatic rings. The van der Waals surface area contributed by atoms with E-state index in [-0.39, 0.29) is 0 Å². The normalized spacial score (nSPS) is 15.0. The maximum Gasteiger partial charge on any atom is 0.331 e. The van der Waals surface area contributed by atoms with Gasteiger partial charge in [-0.1, -0.05) is 23.8 Å². The van der Waals surface area contributed by atoms with E-state index in [1.165, 1.54) is 16.5 Å². The average Bonchev–Trinajstić information content (AvgIpc) is 2.95. The Labute approximate surface area is 129 Å². The second-order valence-corrected chi connectivity index (χ2v) is 5.89. The molecule has 1 aromatic carbocycles. The van der Waals surface area contributed by atoms with Crippen molar-refractivity contribution in [3.63, 3.8) is 0 Å². The minimum atomic E-state index is -0.802. The Hall–Kier alpha value is -2.33. The van der Waals surface area contributed by atoms with Gasteiger partial charge in [0.15, 0.2) is 0 Å². The Morgan fingerprint density at radius 2 is 2.09 bits per heavy atom. The second kappa shape index (κ2) is 6.20. The third-order valence-electron chi connectivity index (χ3n) is 4.05. The molecular formula is C18H20N2O2. The Morgan fingerprint density at radius 1 is 1.23 bits per heavy atom. The van der Waals surface area contributed by atoms with Gasteiger partial charge in [0.2, 0.25) is 0 Å². The summed E-state index contributed by atoms with van der Waals surface area (Å²) in [6.07, 6.45) is 7.11. The monoisotopic (exact) mass is 296 g/mol. The zero-order chi connectivity index (χ0) is 15.5. The van der Waals surface area contributed by atoms with Gasteiger partial charge in [0.25, 0.3) is 0 Å². The van der Waals surface area contributed by atoms with Crippen molar-refractivity contribution in [3.05, 3.63) is 59.3 Å². The van der Waals surface area contributed by atoms with Crippen molar-refractivity contribution in [2.45, 2.75) is 19.4 Å². The fourth-order valence-electron chi connectivity index (χ4n) is 2.91. The molecule has 1 heterocycles. The number of aromatic nitrogens is 1. The Kier molecular flexibility index (Phi) is 4.11. The third kappa shape index (κ3) is 3.28. The molecule has 0 amide bonds. The molecule has 1 aliphatic carbocycles. The number of carboxylic acids is 1. The first-order chi connectivity index (χ1) is 10.6. The summed E-state index contributed by atoms with van der Waals surface area (Å²) in [6, 6.07) is 8.55. The summed E-state index contributed by atoms with van der Waals surface area (Å²) in [5.74, 6) is -0.802. The molecule has 0 bridgehead atoms. The van der Waals surface area contributed by atoms with E-state index < -0.39 is 5.97 Å². The molecule has 0 fully saturated rings. The number of nitrogens with one attached hydrogen (secondary N) is 1. The first kappa shape index (κ1) is 14.6. The van der Waals surface area contributed by atoms with Crippen molar-refractivity contribution in [3.8, 4) is 0 Å². The van der Waals surface area contributed by atoms with Gasteiger partial charge in [-0.15, -0.1) is 0 Å². The molecule has 0 radical (unpaired) electrons. The Balaban J connectivity index is 1.62. The van der Waals surface area contributed by atoms with Gasteiger partial charge >= 0.3 is 5.97 Å². The molecule has 0 unspecified atom stereocenters. The SMILES string of the molecule is CN(CC1=CC=C(C(=O)O)CC1)Cc1ccc2[nH]ccc2c1. The molecular weight excluding hydrogens is 276 g/mol. The van der Waals surface area contributed by atoms with E-state index in [9.17, 15) is 4.79 Å². The number of likely N-dealkylation sites (N-methyl/N-ethyl adjacent to an activating group) is 1. The number of nitrogens with zero attached hydrogens (tertiary/aromatic N) is 1. The van der Waals surface area contributed by atoms with E-state index in [0.717, 1.165) is 25.0 Å². The number of carboxylic acid groups (broad SMARTS) is 1. The van der Waals surface area contributed by atoms with Gasteiger partial charge in [0.1, 0.15) is 0 Å². The summed E-state index contributed by atoms with van der Waals surface area (Å²) in [5, 5.41) is 10.2. The summed E-state index contributed by atoms with van der Waals surface area (Å²) in [6.45, 7) is 1.75. The van der Waals surface area contributed by atoms with Crippen LogP contribution in [0.5, 0.6) is 0 Å². The molecule has 0 saturated heterocycles. The molecule has 1 aromatic heterocycles. The van der Waals surface area contributed by atoms with Gasteiger partial charge in [-0.2, -0.15) is 0 Å². The number of H-pyrrole nitrogens is 1. The highest BCUT2D eigenvalue weighted by Gasteiger charge is 2.13. The van der Waals surface area contributed by atoms with Crippen LogP contribution in [-0.2, 0) is 11.3 Å². The van der Waals surface area contributed by atoms with Crippen molar-refractivity contribution >= 4 is 16.9 Å². The maximum atomic E-state index is 10.9. The number of benzene rings is 1. The fraction of sp³-hybridized carbons (Fsp3) is 0.278. The van der Waals surface area contributed by atoms with Crippen molar-refractivity contribution in [2.24, 2.45) is 0 Å². The van der Waals surface area contributed by atoms with Crippen LogP contribution in [0.25, 0.3) is 10.9 Å². The molecule has 2 N–H and O–H groups in total. The Morgan fingerprint density at radius 3 is 2.82 bits per heavy atom. The summed E-state index contributed by atoms with van der Waals surface area (Å²) < 4.78 is 0. The van der Waals surface area contributed by atoms with E-state index in [1.807, 2.05) is 12.3 Å². The van der Waals surface area contributed by atoms with Gasteiger partial charge in [-0.25, -0.2) is 4.79 Å². The maximum absolute atomic E-state index is 10.9. The van der Waals surface area contributed by atoms with E-state index in [2.05, 4.69) is 41.2 Å². The molecule has 22 heavy (non-hydrogen) atoms. The third-order valence-corrected chi connectivity index (χ3v) is 4.05. The van der Waals surface area contributed by atoms with Gasteiger partial charge in [0.05, 0.1) is 0 Å². The first-order valence-corrected chi connectivity index (χ1v) is 7.48. The summed E-state index contributed by atoms with van der Waals surface area (Å²) in [5.41, 5.74) is 4.24. The summed E-state index contributed by atoms with van der Waals surface area (Å²) in [4.78, 5) is 16.4. The first-order valence-electron chi connectivity index (χ1n) is 7.48. The lowest BCUT2D eigenvalue weighted by Crippen LogP contribution is -2.21. The fourth-order valence-corrected chi connectivity index (χ4v) is 2.91. The van der Waals surface area contributed by atoms with E-state index in [0.29, 0.717) is 12.0 Å². The van der Waals surface area contributed by atoms with Crippen LogP contribution in [0.4, 0.5) is 0 Å². The molecule has 0 aliphatic heterocycles. The van der Waals surface area contributed by atoms with Crippen molar-refractivity contribution in [1.82, 2.24) is 9.88 Å². The van der Waals surface area contributed by atoms with Gasteiger partial charge in [-0.05, 0) is 49.0 Å². The van der Waals surface area contributed by atoms with Crippen LogP contribution in [0, 0.1) is 0 Å². The molecule has 4 heteroatoms. The van der Waals surface area contributed by atoms with Gasteiger partial charge < -0.3 is 10.1 Å². The highest BCUT2D eigenvalue weighted by molar-refractivity contribution is 5.87. The van der Waals surface area contributed by atoms with Crippen LogP contribution in [0.1, 0.15) is 18.4 Å². The number of fused-ring (bicyclic) bond motifs is 1. The predicted molar refractivity (Wildman–Crippen MR) is 87.7 cm³/mol. The Bertz CT molecular complexity index is 755. The predicted octanol–water partition coefficient (Wildman–Crippen LogP) is 3.33. The number of rotatable bonds is 5. The van der Waals surface area contributed by atoms with Crippen molar-refractivity contribution in [1.29, 1.82) is 0 Å². The lowest BCUT2D eigenvalue weighted by molar-refractivity contribution is -0.132. The van der Waals surface area contributed by atoms with E-state index >= 15 is 0 Å². The number of carbonyl (C=O) groups is 1. The highest BCUT2D eigenvalue weighted by Crippen LogP contribution is 2.20. The van der Waals surface area contributed by atoms with Crippen LogP contribution in [-0.4, -0.2) is 34.6 Å². The van der Waals surface area contributed by atoms with E-state index in [4.69, 9.17) is 5.11 Å². The molecule has 0 spiro atoms. The topological polar surface area (TPSA) is 56.3 Å². The smallest absolute Gasteiger partial charge is 0.331 e. The minimum absolute atomic E-state index is 0.504. The van der Waals surface area contributed by atoms with Gasteiger partial charge in [0, 0.05) is 30.4 Å². The molecule has 4 nitrogen and oxygen atoms in total. The standard InChI is InChI=1S/C18H20N2O2/c1-20(11-13-2-5-15(6-3-13)18(21)22)12-14-4-7-17-16(10-14)8-9-19-17/h2,4-5,7-10,19H,3,6,11-12H2,1H3,(H,21,22). The molecule has 114 valence electrons. The largest absolute Gasteiger partial charge is 0.478 e. The van der Waals surface area contributed by atoms with Crippen LogP contribution >= 0.6 is 0 Å². The number of hydrogen-bond acceptors (Lipinski definition) is 2. The number of aromatic amines is 1. The minimum Gasteiger partial charge on any atom is -0.478 e. The molecule has 1 aliphatic rings. The number of allylic oxidation sites excluding steroid dienone is 2. The molecule has 0 atom stereocenters. The van der Waals surface area contributed by atoms with Crippen LogP contribution in [0.15, 0.2) is 53.8 Å². The highest BCUT2D eigenvalue weighted by atomic mass is 16.4. The van der Waals surface area contributed by atoms with Crippen molar-refractivity contribution < 1.29 is 9.90 Å². The molecule has 3 rings (SSSR count). The average molecular weight is 296 g/mol. The lowest BCUT2D eigenvalue weighted by atomic mass is 9.98. The van der Waals surface area contributed by atoms with Crippen LogP contribution in [0.2, 0.25) is 0 Å². The van der Waals surface area contributed by atoms with Gasteiger partial charge in [-0.3, -0.25) is 4.90 Å². The van der Waals surface area contributed by atoms with Crippen LogP contribution in [0.3, 0.4) is 0 Å². The number of hydrogen-bond donors (Lipinski definition) is 2. The van der Waals surface area contributed by atoms with Crippen molar-refractivity contribution in [2.75, 3.05) is 13.6 Å². The lowest BCUT2D eigenvalue weighted by Gasteiger charge is -2.20. The second-order valence-electron chi connectivity index (χ2n) is 5.89. The zero-order valence-corrected chi connectivity index (χ0v) is 12.7. The van der Waals surface area contributed by atoms with Crippen LogP contribution < -0.4 is 0 Å². The summed E-state index contributed by atoms with van der Waals surface area (Å²) >= 11 is 0. The number of aliphatic carboxylic acids is 1. The summed E-state index contributed by atoms with van der Waals surface area (Å²) in [7, 11) is 2.10. The quantitative estimate of drug-likeness (QED) is 0.890. The molecule has 0 saturated carbocycles.